The predicted molar refractivity (Wildman–Crippen MR) is 60.7 cm³/mol. The van der Waals surface area contributed by atoms with E-state index >= 15 is 0 Å². The van der Waals surface area contributed by atoms with Crippen molar-refractivity contribution in [3.05, 3.63) is 29.8 Å². The van der Waals surface area contributed by atoms with Crippen LogP contribution in [0.2, 0.25) is 0 Å². The van der Waals surface area contributed by atoms with E-state index < -0.39 is 0 Å². The second-order valence-corrected chi connectivity index (χ2v) is 3.08. The first kappa shape index (κ1) is 14.0. The van der Waals surface area contributed by atoms with E-state index in [4.69, 9.17) is 19.8 Å². The third-order valence-electron chi connectivity index (χ3n) is 2.09. The molecule has 0 bridgehead atoms. The van der Waals surface area contributed by atoms with Gasteiger partial charge in [-0.3, -0.25) is 9.59 Å². The molecule has 1 heterocycles. The number of carbonyl (C=O) groups is 2. The van der Waals surface area contributed by atoms with Gasteiger partial charge >= 0.3 is 0 Å². The third kappa shape index (κ3) is 4.45. The zero-order chi connectivity index (χ0) is 12.4. The summed E-state index contributed by atoms with van der Waals surface area (Å²) in [7, 11) is 0. The van der Waals surface area contributed by atoms with Crippen molar-refractivity contribution in [1.29, 1.82) is 0 Å². The molecule has 2 rings (SSSR count). The van der Waals surface area contributed by atoms with Gasteiger partial charge < -0.3 is 15.5 Å². The zero-order valence-corrected chi connectivity index (χ0v) is 8.96. The lowest BCUT2D eigenvalue weighted by molar-refractivity contribution is -0.123. The first-order chi connectivity index (χ1) is 7.71. The van der Waals surface area contributed by atoms with Crippen LogP contribution in [0, 0.1) is 0 Å². The van der Waals surface area contributed by atoms with Crippen LogP contribution in [0.25, 0.3) is 0 Å². The van der Waals surface area contributed by atoms with E-state index in [9.17, 15) is 0 Å². The Morgan fingerprint density at radius 1 is 1.25 bits per heavy atom. The maximum absolute atomic E-state index is 8.36. The SMILES string of the molecule is CC1CNc2ccccc21.O=CO.O=CO. The average Bonchev–Trinajstić information content (AvgIpc) is 2.64. The monoisotopic (exact) mass is 225 g/mol. The van der Waals surface area contributed by atoms with Crippen LogP contribution in [0.3, 0.4) is 0 Å². The van der Waals surface area contributed by atoms with E-state index in [-0.39, 0.29) is 12.9 Å². The number of hydrogen-bond donors (Lipinski definition) is 3. The van der Waals surface area contributed by atoms with Gasteiger partial charge in [0, 0.05) is 18.2 Å². The van der Waals surface area contributed by atoms with Gasteiger partial charge in [0.05, 0.1) is 0 Å². The molecular formula is C11H15NO4. The molecule has 88 valence electrons. The standard InChI is InChI=1S/C9H11N.2CH2O2/c1-7-6-10-9-5-3-2-4-8(7)9;2*2-1-3/h2-5,7,10H,6H2,1H3;2*1H,(H,2,3). The second kappa shape index (κ2) is 8.28. The van der Waals surface area contributed by atoms with Crippen molar-refractivity contribution in [1.82, 2.24) is 0 Å². The van der Waals surface area contributed by atoms with E-state index in [0.717, 1.165) is 6.54 Å². The molecule has 1 aromatic carbocycles. The molecule has 0 radical (unpaired) electrons. The molecule has 0 saturated carbocycles. The van der Waals surface area contributed by atoms with E-state index in [1.807, 2.05) is 0 Å². The Balaban J connectivity index is 0.000000321. The van der Waals surface area contributed by atoms with Crippen LogP contribution in [-0.2, 0) is 9.59 Å². The fraction of sp³-hybridized carbons (Fsp3) is 0.273. The van der Waals surface area contributed by atoms with Crippen molar-refractivity contribution >= 4 is 18.6 Å². The van der Waals surface area contributed by atoms with Crippen LogP contribution in [0.1, 0.15) is 18.4 Å². The molecule has 1 atom stereocenters. The maximum atomic E-state index is 8.36. The van der Waals surface area contributed by atoms with Crippen LogP contribution in [0.5, 0.6) is 0 Å². The Kier molecular flexibility index (Phi) is 7.23. The molecule has 0 spiro atoms. The van der Waals surface area contributed by atoms with Gasteiger partial charge in [-0.05, 0) is 11.6 Å². The largest absolute Gasteiger partial charge is 0.483 e. The van der Waals surface area contributed by atoms with Gasteiger partial charge in [0.25, 0.3) is 12.9 Å². The molecule has 0 aromatic heterocycles. The minimum absolute atomic E-state index is 0.250. The van der Waals surface area contributed by atoms with Gasteiger partial charge in [-0.15, -0.1) is 0 Å². The lowest BCUT2D eigenvalue weighted by Crippen LogP contribution is -1.95. The fourth-order valence-electron chi connectivity index (χ4n) is 1.46. The molecule has 5 heteroatoms. The molecule has 1 aliphatic rings. The fourth-order valence-corrected chi connectivity index (χ4v) is 1.46. The summed E-state index contributed by atoms with van der Waals surface area (Å²) in [5, 5.41) is 17.1. The quantitative estimate of drug-likeness (QED) is 0.584. The lowest BCUT2D eigenvalue weighted by atomic mass is 10.0. The highest BCUT2D eigenvalue weighted by Gasteiger charge is 2.15. The number of nitrogens with one attached hydrogen (secondary N) is 1. The summed E-state index contributed by atoms with van der Waals surface area (Å²) in [5.74, 6) is 0.691. The Morgan fingerprint density at radius 3 is 2.25 bits per heavy atom. The molecule has 0 saturated heterocycles. The van der Waals surface area contributed by atoms with Crippen LogP contribution in [-0.4, -0.2) is 29.7 Å². The molecular weight excluding hydrogens is 210 g/mol. The van der Waals surface area contributed by atoms with Crippen molar-refractivity contribution in [2.24, 2.45) is 0 Å². The molecule has 0 aliphatic carbocycles. The van der Waals surface area contributed by atoms with E-state index in [2.05, 4.69) is 36.5 Å². The molecule has 0 amide bonds. The number of benzene rings is 1. The predicted octanol–water partition coefficient (Wildman–Crippen LogP) is 1.62. The molecule has 1 aromatic rings. The summed E-state index contributed by atoms with van der Waals surface area (Å²) < 4.78 is 0. The summed E-state index contributed by atoms with van der Waals surface area (Å²) in [6.45, 7) is 2.85. The van der Waals surface area contributed by atoms with Crippen molar-refractivity contribution < 1.29 is 19.8 Å². The van der Waals surface area contributed by atoms with Crippen molar-refractivity contribution in [3.63, 3.8) is 0 Å². The van der Waals surface area contributed by atoms with E-state index in [0.29, 0.717) is 5.92 Å². The summed E-state index contributed by atoms with van der Waals surface area (Å²) in [5.41, 5.74) is 2.78. The van der Waals surface area contributed by atoms with Gasteiger partial charge in [-0.2, -0.15) is 0 Å². The first-order valence-electron chi connectivity index (χ1n) is 4.69. The number of fused-ring (bicyclic) bond motifs is 1. The number of rotatable bonds is 0. The average molecular weight is 225 g/mol. The summed E-state index contributed by atoms with van der Waals surface area (Å²) in [4.78, 5) is 16.7. The van der Waals surface area contributed by atoms with Gasteiger partial charge in [-0.25, -0.2) is 0 Å². The lowest BCUT2D eigenvalue weighted by Gasteiger charge is -1.98. The molecule has 0 fully saturated rings. The van der Waals surface area contributed by atoms with Crippen molar-refractivity contribution in [3.8, 4) is 0 Å². The minimum Gasteiger partial charge on any atom is -0.483 e. The Bertz CT molecular complexity index is 322. The van der Waals surface area contributed by atoms with E-state index in [1.54, 1.807) is 0 Å². The second-order valence-electron chi connectivity index (χ2n) is 3.08. The van der Waals surface area contributed by atoms with Crippen molar-refractivity contribution in [2.75, 3.05) is 11.9 Å². The molecule has 16 heavy (non-hydrogen) atoms. The van der Waals surface area contributed by atoms with Crippen LogP contribution in [0.15, 0.2) is 24.3 Å². The topological polar surface area (TPSA) is 86.6 Å². The summed E-state index contributed by atoms with van der Waals surface area (Å²) in [6, 6.07) is 8.50. The van der Waals surface area contributed by atoms with Crippen LogP contribution in [0.4, 0.5) is 5.69 Å². The molecule has 5 nitrogen and oxygen atoms in total. The maximum Gasteiger partial charge on any atom is 0.290 e. The molecule has 3 N–H and O–H groups in total. The number of carboxylic acid groups (broad SMARTS) is 2. The zero-order valence-electron chi connectivity index (χ0n) is 8.96. The normalized spacial score (nSPS) is 15.2. The Hall–Kier alpha value is -2.04. The highest BCUT2D eigenvalue weighted by molar-refractivity contribution is 5.57. The smallest absolute Gasteiger partial charge is 0.290 e. The third-order valence-corrected chi connectivity index (χ3v) is 2.09. The van der Waals surface area contributed by atoms with Gasteiger partial charge in [-0.1, -0.05) is 25.1 Å². The van der Waals surface area contributed by atoms with Crippen molar-refractivity contribution in [2.45, 2.75) is 12.8 Å². The molecule has 1 aliphatic heterocycles. The number of para-hydroxylation sites is 1. The van der Waals surface area contributed by atoms with Crippen LogP contribution >= 0.6 is 0 Å². The highest BCUT2D eigenvalue weighted by Crippen LogP contribution is 2.29. The van der Waals surface area contributed by atoms with Gasteiger partial charge in [0.1, 0.15) is 0 Å². The Morgan fingerprint density at radius 2 is 1.75 bits per heavy atom. The molecule has 1 unspecified atom stereocenters. The minimum atomic E-state index is -0.250. The number of anilines is 1. The first-order valence-corrected chi connectivity index (χ1v) is 4.69. The summed E-state index contributed by atoms with van der Waals surface area (Å²) >= 11 is 0. The van der Waals surface area contributed by atoms with Gasteiger partial charge in [0.2, 0.25) is 0 Å². The number of hydrogen-bond acceptors (Lipinski definition) is 3. The summed E-state index contributed by atoms with van der Waals surface area (Å²) in [6.07, 6.45) is 0. The van der Waals surface area contributed by atoms with E-state index in [1.165, 1.54) is 11.3 Å². The van der Waals surface area contributed by atoms with Gasteiger partial charge in [0.15, 0.2) is 0 Å². The Labute approximate surface area is 93.7 Å². The highest BCUT2D eigenvalue weighted by atomic mass is 16.3. The van der Waals surface area contributed by atoms with Crippen LogP contribution < -0.4 is 5.32 Å².